The van der Waals surface area contributed by atoms with E-state index in [0.29, 0.717) is 5.75 Å². The SMILES string of the molecule is COc1ccc(C(C)C)cc1S(=O)(=O)CCO. The van der Waals surface area contributed by atoms with E-state index in [2.05, 4.69) is 0 Å². The van der Waals surface area contributed by atoms with Crippen LogP contribution in [0.2, 0.25) is 0 Å². The Bertz CT molecular complexity index is 477. The third kappa shape index (κ3) is 3.20. The fourth-order valence-electron chi connectivity index (χ4n) is 1.53. The van der Waals surface area contributed by atoms with E-state index in [9.17, 15) is 8.42 Å². The predicted molar refractivity (Wildman–Crippen MR) is 66.2 cm³/mol. The Morgan fingerprint density at radius 2 is 2.00 bits per heavy atom. The molecular weight excluding hydrogens is 240 g/mol. The van der Waals surface area contributed by atoms with Crippen molar-refractivity contribution in [2.75, 3.05) is 19.5 Å². The van der Waals surface area contributed by atoms with Gasteiger partial charge in [-0.25, -0.2) is 8.42 Å². The molecule has 0 aromatic heterocycles. The Morgan fingerprint density at radius 1 is 1.35 bits per heavy atom. The normalized spacial score (nSPS) is 11.8. The van der Waals surface area contributed by atoms with E-state index in [4.69, 9.17) is 9.84 Å². The third-order valence-electron chi connectivity index (χ3n) is 2.55. The van der Waals surface area contributed by atoms with Gasteiger partial charge >= 0.3 is 0 Å². The molecule has 96 valence electrons. The molecule has 17 heavy (non-hydrogen) atoms. The largest absolute Gasteiger partial charge is 0.495 e. The maximum atomic E-state index is 11.9. The molecule has 0 aliphatic heterocycles. The molecule has 0 unspecified atom stereocenters. The molecule has 0 heterocycles. The molecule has 5 heteroatoms. The van der Waals surface area contributed by atoms with Gasteiger partial charge < -0.3 is 9.84 Å². The summed E-state index contributed by atoms with van der Waals surface area (Å²) < 4.78 is 28.9. The van der Waals surface area contributed by atoms with Gasteiger partial charge in [0.25, 0.3) is 0 Å². The van der Waals surface area contributed by atoms with Gasteiger partial charge in [-0.1, -0.05) is 19.9 Å². The molecular formula is C12H18O4S. The highest BCUT2D eigenvalue weighted by molar-refractivity contribution is 7.91. The fourth-order valence-corrected chi connectivity index (χ4v) is 2.76. The molecule has 0 radical (unpaired) electrons. The Kier molecular flexibility index (Phi) is 4.54. The highest BCUT2D eigenvalue weighted by Crippen LogP contribution is 2.28. The van der Waals surface area contributed by atoms with Crippen LogP contribution in [0.5, 0.6) is 5.75 Å². The number of methoxy groups -OCH3 is 1. The fraction of sp³-hybridized carbons (Fsp3) is 0.500. The van der Waals surface area contributed by atoms with E-state index in [1.165, 1.54) is 7.11 Å². The van der Waals surface area contributed by atoms with Gasteiger partial charge in [-0.2, -0.15) is 0 Å². The summed E-state index contributed by atoms with van der Waals surface area (Å²) in [4.78, 5) is 0.153. The smallest absolute Gasteiger partial charge is 0.184 e. The summed E-state index contributed by atoms with van der Waals surface area (Å²) in [6, 6.07) is 5.12. The molecule has 1 aromatic carbocycles. The van der Waals surface area contributed by atoms with Crippen molar-refractivity contribution in [1.29, 1.82) is 0 Å². The quantitative estimate of drug-likeness (QED) is 0.871. The number of aliphatic hydroxyl groups excluding tert-OH is 1. The van der Waals surface area contributed by atoms with Crippen molar-refractivity contribution < 1.29 is 18.3 Å². The summed E-state index contributed by atoms with van der Waals surface area (Å²) in [7, 11) is -2.05. The average molecular weight is 258 g/mol. The van der Waals surface area contributed by atoms with Crippen LogP contribution in [0.1, 0.15) is 25.3 Å². The van der Waals surface area contributed by atoms with Crippen molar-refractivity contribution in [3.05, 3.63) is 23.8 Å². The molecule has 0 aliphatic rings. The number of sulfone groups is 1. The van der Waals surface area contributed by atoms with Crippen molar-refractivity contribution in [2.45, 2.75) is 24.7 Å². The lowest BCUT2D eigenvalue weighted by Gasteiger charge is -2.12. The third-order valence-corrected chi connectivity index (χ3v) is 4.26. The minimum atomic E-state index is -3.48. The van der Waals surface area contributed by atoms with E-state index >= 15 is 0 Å². The maximum absolute atomic E-state index is 11.9. The van der Waals surface area contributed by atoms with Gasteiger partial charge in [-0.05, 0) is 23.6 Å². The molecule has 4 nitrogen and oxygen atoms in total. The molecule has 0 saturated carbocycles. The molecule has 0 saturated heterocycles. The first-order chi connectivity index (χ1) is 7.92. The number of ether oxygens (including phenoxy) is 1. The van der Waals surface area contributed by atoms with Crippen LogP contribution in [0, 0.1) is 0 Å². The van der Waals surface area contributed by atoms with E-state index in [1.54, 1.807) is 12.1 Å². The van der Waals surface area contributed by atoms with E-state index < -0.39 is 16.4 Å². The molecule has 0 spiro atoms. The van der Waals surface area contributed by atoms with Gasteiger partial charge in [0.05, 0.1) is 19.5 Å². The summed E-state index contributed by atoms with van der Waals surface area (Å²) in [6.07, 6.45) is 0. The monoisotopic (exact) mass is 258 g/mol. The van der Waals surface area contributed by atoms with Crippen molar-refractivity contribution in [1.82, 2.24) is 0 Å². The van der Waals surface area contributed by atoms with E-state index in [1.807, 2.05) is 19.9 Å². The predicted octanol–water partition coefficient (Wildman–Crippen LogP) is 1.58. The van der Waals surface area contributed by atoms with Crippen molar-refractivity contribution >= 4 is 9.84 Å². The van der Waals surface area contributed by atoms with E-state index in [0.717, 1.165) is 5.56 Å². The van der Waals surface area contributed by atoms with Crippen molar-refractivity contribution in [3.8, 4) is 5.75 Å². The average Bonchev–Trinajstić information content (AvgIpc) is 2.28. The molecule has 0 bridgehead atoms. The maximum Gasteiger partial charge on any atom is 0.184 e. The molecule has 0 atom stereocenters. The van der Waals surface area contributed by atoms with Crippen LogP contribution >= 0.6 is 0 Å². The van der Waals surface area contributed by atoms with E-state index in [-0.39, 0.29) is 16.6 Å². The Morgan fingerprint density at radius 3 is 2.47 bits per heavy atom. The highest BCUT2D eigenvalue weighted by Gasteiger charge is 2.20. The Balaban J connectivity index is 3.33. The van der Waals surface area contributed by atoms with Crippen LogP contribution in [-0.2, 0) is 9.84 Å². The second-order valence-corrected chi connectivity index (χ2v) is 6.19. The first-order valence-electron chi connectivity index (χ1n) is 5.44. The summed E-state index contributed by atoms with van der Waals surface area (Å²) in [5.41, 5.74) is 0.933. The van der Waals surface area contributed by atoms with Gasteiger partial charge in [-0.3, -0.25) is 0 Å². The zero-order chi connectivity index (χ0) is 13.1. The standard InChI is InChI=1S/C12H18O4S/c1-9(2)10-4-5-11(16-3)12(8-10)17(14,15)7-6-13/h4-5,8-9,13H,6-7H2,1-3H3. The second-order valence-electron chi connectivity index (χ2n) is 4.11. The summed E-state index contributed by atoms with van der Waals surface area (Å²) in [5.74, 6) is 0.275. The highest BCUT2D eigenvalue weighted by atomic mass is 32.2. The van der Waals surface area contributed by atoms with Gasteiger partial charge in [0.15, 0.2) is 9.84 Å². The zero-order valence-corrected chi connectivity index (χ0v) is 11.1. The summed E-state index contributed by atoms with van der Waals surface area (Å²) >= 11 is 0. The Hall–Kier alpha value is -1.07. The Labute approximate surface area is 102 Å². The summed E-state index contributed by atoms with van der Waals surface area (Å²) in [6.45, 7) is 3.59. The number of rotatable bonds is 5. The van der Waals surface area contributed by atoms with Gasteiger partial charge in [0, 0.05) is 0 Å². The van der Waals surface area contributed by atoms with Crippen LogP contribution in [0.4, 0.5) is 0 Å². The first-order valence-corrected chi connectivity index (χ1v) is 7.09. The van der Waals surface area contributed by atoms with Crippen LogP contribution < -0.4 is 4.74 Å². The minimum absolute atomic E-state index is 0.153. The van der Waals surface area contributed by atoms with Crippen LogP contribution in [0.15, 0.2) is 23.1 Å². The lowest BCUT2D eigenvalue weighted by Crippen LogP contribution is -2.12. The zero-order valence-electron chi connectivity index (χ0n) is 10.3. The lowest BCUT2D eigenvalue weighted by molar-refractivity contribution is 0.319. The molecule has 0 aliphatic carbocycles. The van der Waals surface area contributed by atoms with Gasteiger partial charge in [-0.15, -0.1) is 0 Å². The van der Waals surface area contributed by atoms with Crippen molar-refractivity contribution in [3.63, 3.8) is 0 Å². The first kappa shape index (κ1) is 14.0. The van der Waals surface area contributed by atoms with Crippen LogP contribution in [0.3, 0.4) is 0 Å². The number of benzene rings is 1. The number of hydrogen-bond donors (Lipinski definition) is 1. The second kappa shape index (κ2) is 5.51. The number of aliphatic hydroxyl groups is 1. The lowest BCUT2D eigenvalue weighted by atomic mass is 10.0. The summed E-state index contributed by atoms with van der Waals surface area (Å²) in [5, 5.41) is 8.79. The molecule has 1 aromatic rings. The molecule has 1 rings (SSSR count). The van der Waals surface area contributed by atoms with Gasteiger partial charge in [0.1, 0.15) is 10.6 Å². The molecule has 1 N–H and O–H groups in total. The topological polar surface area (TPSA) is 63.6 Å². The molecule has 0 amide bonds. The number of hydrogen-bond acceptors (Lipinski definition) is 4. The minimum Gasteiger partial charge on any atom is -0.495 e. The van der Waals surface area contributed by atoms with Gasteiger partial charge in [0.2, 0.25) is 0 Å². The van der Waals surface area contributed by atoms with Crippen molar-refractivity contribution in [2.24, 2.45) is 0 Å². The van der Waals surface area contributed by atoms with Crippen LogP contribution in [0.25, 0.3) is 0 Å². The molecule has 0 fully saturated rings. The van der Waals surface area contributed by atoms with Crippen LogP contribution in [-0.4, -0.2) is 33.0 Å².